The standard InChI is InChI=1S/C15H11N3O3/c1-10-4-6-16-9-14(10)17-7-5-11-2-3-12(18(20)21)8-13(11)15(17)19/h2-9H,1H3. The third kappa shape index (κ3) is 2.16. The molecule has 0 aliphatic rings. The molecule has 6 heteroatoms. The average Bonchev–Trinajstić information content (AvgIpc) is 2.48. The van der Waals surface area contributed by atoms with Gasteiger partial charge in [0, 0.05) is 24.5 Å². The lowest BCUT2D eigenvalue weighted by Crippen LogP contribution is -2.18. The largest absolute Gasteiger partial charge is 0.282 e. The van der Waals surface area contributed by atoms with Gasteiger partial charge in [0.15, 0.2) is 0 Å². The van der Waals surface area contributed by atoms with E-state index < -0.39 is 4.92 Å². The van der Waals surface area contributed by atoms with Gasteiger partial charge in [-0.15, -0.1) is 0 Å². The number of nitro benzene ring substituents is 1. The molecule has 21 heavy (non-hydrogen) atoms. The molecule has 1 aromatic carbocycles. The van der Waals surface area contributed by atoms with Crippen molar-refractivity contribution < 1.29 is 4.92 Å². The predicted molar refractivity (Wildman–Crippen MR) is 78.7 cm³/mol. The van der Waals surface area contributed by atoms with Crippen molar-refractivity contribution in [1.82, 2.24) is 9.55 Å². The quantitative estimate of drug-likeness (QED) is 0.534. The van der Waals surface area contributed by atoms with Crippen LogP contribution in [0.3, 0.4) is 0 Å². The van der Waals surface area contributed by atoms with E-state index in [1.165, 1.54) is 16.7 Å². The summed E-state index contributed by atoms with van der Waals surface area (Å²) >= 11 is 0. The van der Waals surface area contributed by atoms with Crippen LogP contribution < -0.4 is 5.56 Å². The molecule has 2 aromatic heterocycles. The summed E-state index contributed by atoms with van der Waals surface area (Å²) in [4.78, 5) is 26.9. The number of benzene rings is 1. The summed E-state index contributed by atoms with van der Waals surface area (Å²) in [5.74, 6) is 0. The van der Waals surface area contributed by atoms with Gasteiger partial charge in [-0.1, -0.05) is 0 Å². The number of nitro groups is 1. The molecule has 0 aliphatic heterocycles. The van der Waals surface area contributed by atoms with Crippen molar-refractivity contribution in [3.63, 3.8) is 0 Å². The average molecular weight is 281 g/mol. The molecule has 0 unspecified atom stereocenters. The van der Waals surface area contributed by atoms with Crippen LogP contribution in [0.2, 0.25) is 0 Å². The van der Waals surface area contributed by atoms with Crippen molar-refractivity contribution in [3.05, 3.63) is 75.0 Å². The summed E-state index contributed by atoms with van der Waals surface area (Å²) in [6.07, 6.45) is 4.90. The van der Waals surface area contributed by atoms with Gasteiger partial charge in [-0.2, -0.15) is 0 Å². The van der Waals surface area contributed by atoms with Crippen molar-refractivity contribution >= 4 is 16.5 Å². The zero-order chi connectivity index (χ0) is 15.0. The van der Waals surface area contributed by atoms with Gasteiger partial charge in [0.25, 0.3) is 11.2 Å². The third-order valence-electron chi connectivity index (χ3n) is 3.37. The zero-order valence-corrected chi connectivity index (χ0v) is 11.2. The van der Waals surface area contributed by atoms with Crippen LogP contribution in [0.1, 0.15) is 5.56 Å². The first-order valence-electron chi connectivity index (χ1n) is 6.29. The number of rotatable bonds is 2. The topological polar surface area (TPSA) is 78.0 Å². The summed E-state index contributed by atoms with van der Waals surface area (Å²) in [5, 5.41) is 11.8. The van der Waals surface area contributed by atoms with Gasteiger partial charge in [-0.25, -0.2) is 0 Å². The first-order chi connectivity index (χ1) is 10.1. The number of pyridine rings is 2. The van der Waals surface area contributed by atoms with Crippen LogP contribution in [-0.4, -0.2) is 14.5 Å². The van der Waals surface area contributed by atoms with Crippen LogP contribution >= 0.6 is 0 Å². The lowest BCUT2D eigenvalue weighted by Gasteiger charge is -2.09. The molecule has 0 radical (unpaired) electrons. The Morgan fingerprint density at radius 3 is 2.76 bits per heavy atom. The van der Waals surface area contributed by atoms with Crippen LogP contribution in [-0.2, 0) is 0 Å². The Bertz CT molecular complexity index is 915. The molecule has 0 saturated heterocycles. The maximum atomic E-state index is 12.6. The Morgan fingerprint density at radius 1 is 1.24 bits per heavy atom. The fraction of sp³-hybridized carbons (Fsp3) is 0.0667. The molecule has 3 rings (SSSR count). The van der Waals surface area contributed by atoms with Gasteiger partial charge in [0.05, 0.1) is 22.2 Å². The van der Waals surface area contributed by atoms with Gasteiger partial charge in [-0.05, 0) is 36.1 Å². The van der Waals surface area contributed by atoms with Crippen LogP contribution in [0.4, 0.5) is 5.69 Å². The maximum Gasteiger partial charge on any atom is 0.270 e. The Balaban J connectivity index is 2.32. The lowest BCUT2D eigenvalue weighted by atomic mass is 10.1. The highest BCUT2D eigenvalue weighted by Gasteiger charge is 2.11. The van der Waals surface area contributed by atoms with Crippen LogP contribution in [0, 0.1) is 17.0 Å². The molecular weight excluding hydrogens is 270 g/mol. The molecule has 0 fully saturated rings. The molecule has 2 heterocycles. The highest BCUT2D eigenvalue weighted by atomic mass is 16.6. The molecule has 6 nitrogen and oxygen atoms in total. The van der Waals surface area contributed by atoms with E-state index in [0.717, 1.165) is 5.56 Å². The van der Waals surface area contributed by atoms with Crippen LogP contribution in [0.25, 0.3) is 16.5 Å². The highest BCUT2D eigenvalue weighted by molar-refractivity contribution is 5.84. The first-order valence-corrected chi connectivity index (χ1v) is 6.29. The second-order valence-electron chi connectivity index (χ2n) is 4.68. The fourth-order valence-electron chi connectivity index (χ4n) is 2.24. The Hall–Kier alpha value is -3.02. The summed E-state index contributed by atoms with van der Waals surface area (Å²) in [5.41, 5.74) is 1.17. The van der Waals surface area contributed by atoms with E-state index in [9.17, 15) is 14.9 Å². The van der Waals surface area contributed by atoms with E-state index >= 15 is 0 Å². The minimum Gasteiger partial charge on any atom is -0.282 e. The molecule has 0 bridgehead atoms. The molecule has 0 atom stereocenters. The van der Waals surface area contributed by atoms with Gasteiger partial charge in [0.2, 0.25) is 0 Å². The number of hydrogen-bond acceptors (Lipinski definition) is 4. The minimum atomic E-state index is -0.508. The predicted octanol–water partition coefficient (Wildman–Crippen LogP) is 2.60. The minimum absolute atomic E-state index is 0.0970. The normalized spacial score (nSPS) is 10.7. The monoisotopic (exact) mass is 281 g/mol. The van der Waals surface area contributed by atoms with Gasteiger partial charge >= 0.3 is 0 Å². The maximum absolute atomic E-state index is 12.6. The molecule has 0 amide bonds. The molecule has 3 aromatic rings. The van der Waals surface area contributed by atoms with Gasteiger partial charge < -0.3 is 0 Å². The summed E-state index contributed by atoms with van der Waals surface area (Å²) in [7, 11) is 0. The molecule has 104 valence electrons. The van der Waals surface area contributed by atoms with E-state index in [1.807, 2.05) is 6.92 Å². The van der Waals surface area contributed by atoms with Crippen LogP contribution in [0.15, 0.2) is 53.7 Å². The zero-order valence-electron chi connectivity index (χ0n) is 11.2. The Morgan fingerprint density at radius 2 is 2.05 bits per heavy atom. The molecule has 0 aliphatic carbocycles. The van der Waals surface area contributed by atoms with E-state index in [2.05, 4.69) is 4.98 Å². The van der Waals surface area contributed by atoms with Gasteiger partial charge in [0.1, 0.15) is 0 Å². The smallest absolute Gasteiger partial charge is 0.270 e. The Kier molecular flexibility index (Phi) is 2.98. The summed E-state index contributed by atoms with van der Waals surface area (Å²) in [6.45, 7) is 1.88. The summed E-state index contributed by atoms with van der Waals surface area (Å²) < 4.78 is 1.45. The second kappa shape index (κ2) is 4.82. The number of hydrogen-bond donors (Lipinski definition) is 0. The fourth-order valence-corrected chi connectivity index (χ4v) is 2.24. The van der Waals surface area contributed by atoms with E-state index in [1.54, 1.807) is 36.8 Å². The lowest BCUT2D eigenvalue weighted by molar-refractivity contribution is -0.384. The Labute approximate surface area is 119 Å². The number of fused-ring (bicyclic) bond motifs is 1. The molecule has 0 saturated carbocycles. The first kappa shape index (κ1) is 13.0. The number of aromatic nitrogens is 2. The highest BCUT2D eigenvalue weighted by Crippen LogP contribution is 2.19. The summed E-state index contributed by atoms with van der Waals surface area (Å²) in [6, 6.07) is 7.84. The van der Waals surface area contributed by atoms with Crippen molar-refractivity contribution in [2.75, 3.05) is 0 Å². The van der Waals surface area contributed by atoms with Crippen molar-refractivity contribution in [3.8, 4) is 5.69 Å². The molecular formula is C15H11N3O3. The van der Waals surface area contributed by atoms with Crippen molar-refractivity contribution in [1.29, 1.82) is 0 Å². The van der Waals surface area contributed by atoms with E-state index in [-0.39, 0.29) is 11.2 Å². The number of aryl methyl sites for hydroxylation is 1. The van der Waals surface area contributed by atoms with Crippen molar-refractivity contribution in [2.24, 2.45) is 0 Å². The van der Waals surface area contributed by atoms with E-state index in [4.69, 9.17) is 0 Å². The molecule has 0 spiro atoms. The van der Waals surface area contributed by atoms with E-state index in [0.29, 0.717) is 16.5 Å². The second-order valence-corrected chi connectivity index (χ2v) is 4.68. The number of nitrogens with zero attached hydrogens (tertiary/aromatic N) is 3. The molecule has 0 N–H and O–H groups in total. The van der Waals surface area contributed by atoms with Crippen LogP contribution in [0.5, 0.6) is 0 Å². The third-order valence-corrected chi connectivity index (χ3v) is 3.37. The van der Waals surface area contributed by atoms with Gasteiger partial charge in [-0.3, -0.25) is 24.5 Å². The van der Waals surface area contributed by atoms with Crippen molar-refractivity contribution in [2.45, 2.75) is 6.92 Å². The number of non-ortho nitro benzene ring substituents is 1. The SMILES string of the molecule is Cc1ccncc1-n1ccc2ccc([N+](=O)[O-])cc2c1=O.